The van der Waals surface area contributed by atoms with Gasteiger partial charge in [-0.3, -0.25) is 9.59 Å². The Morgan fingerprint density at radius 2 is 1.68 bits per heavy atom. The number of nitrogens with zero attached hydrogens (tertiary/aromatic N) is 1. The Hall–Kier alpha value is -2.82. The van der Waals surface area contributed by atoms with Crippen LogP contribution in [0.1, 0.15) is 44.4 Å². The highest BCUT2D eigenvalue weighted by Gasteiger charge is 2.29. The average molecular weight is 383 g/mol. The lowest BCUT2D eigenvalue weighted by Crippen LogP contribution is -2.43. The molecule has 0 heterocycles. The lowest BCUT2D eigenvalue weighted by atomic mass is 10.0. The highest BCUT2D eigenvalue weighted by Crippen LogP contribution is 2.24. The van der Waals surface area contributed by atoms with Gasteiger partial charge >= 0.3 is 0 Å². The molecule has 2 amide bonds. The summed E-state index contributed by atoms with van der Waals surface area (Å²) in [7, 11) is 1.61. The first-order chi connectivity index (χ1) is 13.4. The maximum absolute atomic E-state index is 13.0. The molecule has 0 saturated heterocycles. The van der Waals surface area contributed by atoms with Crippen molar-refractivity contribution in [1.82, 2.24) is 10.2 Å². The molecule has 0 spiro atoms. The summed E-state index contributed by atoms with van der Waals surface area (Å²) in [4.78, 5) is 27.1. The Morgan fingerprint density at radius 1 is 1.04 bits per heavy atom. The molecule has 2 aromatic rings. The Morgan fingerprint density at radius 3 is 2.21 bits per heavy atom. The molecule has 5 nitrogen and oxygen atoms in total. The third-order valence-electron chi connectivity index (χ3n) is 4.61. The van der Waals surface area contributed by atoms with Crippen LogP contribution in [0.25, 0.3) is 0 Å². The highest BCUT2D eigenvalue weighted by atomic mass is 16.5. The van der Waals surface area contributed by atoms with Crippen molar-refractivity contribution in [2.75, 3.05) is 13.7 Å². The predicted octanol–water partition coefficient (Wildman–Crippen LogP) is 3.95. The number of nitrogens with one attached hydrogen (secondary N) is 1. The van der Waals surface area contributed by atoms with E-state index in [1.54, 1.807) is 12.0 Å². The highest BCUT2D eigenvalue weighted by molar-refractivity contribution is 5.88. The second-order valence-electron chi connectivity index (χ2n) is 7.28. The number of methoxy groups -OCH3 is 1. The molecule has 2 aromatic carbocycles. The SMILES string of the molecule is COc1ccc(CN(C(C)=O)[C@@H](C(=O)NCCC(C)C)c2ccccc2)cc1. The van der Waals surface area contributed by atoms with Gasteiger partial charge in [-0.25, -0.2) is 0 Å². The van der Waals surface area contributed by atoms with E-state index in [9.17, 15) is 9.59 Å². The number of amides is 2. The number of carbonyl (C=O) groups is 2. The van der Waals surface area contributed by atoms with E-state index in [0.29, 0.717) is 19.0 Å². The van der Waals surface area contributed by atoms with Crippen molar-refractivity contribution >= 4 is 11.8 Å². The normalized spacial score (nSPS) is 11.8. The first-order valence-corrected chi connectivity index (χ1v) is 9.65. The van der Waals surface area contributed by atoms with Crippen LogP contribution in [0, 0.1) is 5.92 Å². The molecule has 1 atom stereocenters. The molecule has 0 fully saturated rings. The van der Waals surface area contributed by atoms with Gasteiger partial charge < -0.3 is 15.0 Å². The van der Waals surface area contributed by atoms with E-state index >= 15 is 0 Å². The molecule has 0 aromatic heterocycles. The fourth-order valence-corrected chi connectivity index (χ4v) is 3.00. The standard InChI is InChI=1S/C23H30N2O3/c1-17(2)14-15-24-23(27)22(20-8-6-5-7-9-20)25(18(3)26)16-19-10-12-21(28-4)13-11-19/h5-13,17,22H,14-16H2,1-4H3,(H,24,27)/t22-/m1/s1. The summed E-state index contributed by atoms with van der Waals surface area (Å²) in [5.74, 6) is 0.946. The fourth-order valence-electron chi connectivity index (χ4n) is 3.00. The van der Waals surface area contributed by atoms with Crippen LogP contribution in [0.4, 0.5) is 0 Å². The maximum Gasteiger partial charge on any atom is 0.247 e. The predicted molar refractivity (Wildman–Crippen MR) is 111 cm³/mol. The number of rotatable bonds is 9. The molecule has 0 saturated carbocycles. The number of hydrogen-bond acceptors (Lipinski definition) is 3. The molecule has 150 valence electrons. The number of carbonyl (C=O) groups excluding carboxylic acids is 2. The molecule has 0 bridgehead atoms. The first kappa shape index (κ1) is 21.5. The fraction of sp³-hybridized carbons (Fsp3) is 0.391. The van der Waals surface area contributed by atoms with Gasteiger partial charge in [-0.2, -0.15) is 0 Å². The van der Waals surface area contributed by atoms with Crippen molar-refractivity contribution in [2.45, 2.75) is 39.8 Å². The third kappa shape index (κ3) is 6.12. The van der Waals surface area contributed by atoms with Gasteiger partial charge in [-0.15, -0.1) is 0 Å². The summed E-state index contributed by atoms with van der Waals surface area (Å²) in [5, 5.41) is 3.00. The summed E-state index contributed by atoms with van der Waals surface area (Å²) in [6.45, 7) is 6.67. The van der Waals surface area contributed by atoms with Crippen LogP contribution in [-0.4, -0.2) is 30.4 Å². The average Bonchev–Trinajstić information content (AvgIpc) is 2.68. The van der Waals surface area contributed by atoms with Gasteiger partial charge in [0, 0.05) is 20.0 Å². The van der Waals surface area contributed by atoms with Gasteiger partial charge in [-0.1, -0.05) is 56.3 Å². The second-order valence-corrected chi connectivity index (χ2v) is 7.28. The van der Waals surface area contributed by atoms with E-state index in [4.69, 9.17) is 4.74 Å². The molecule has 0 aliphatic rings. The quantitative estimate of drug-likeness (QED) is 0.714. The zero-order valence-electron chi connectivity index (χ0n) is 17.1. The Balaban J connectivity index is 2.28. The van der Waals surface area contributed by atoms with Crippen LogP contribution >= 0.6 is 0 Å². The summed E-state index contributed by atoms with van der Waals surface area (Å²) in [6, 6.07) is 16.3. The maximum atomic E-state index is 13.0. The van der Waals surface area contributed by atoms with Crippen molar-refractivity contribution in [3.8, 4) is 5.75 Å². The lowest BCUT2D eigenvalue weighted by molar-refractivity contribution is -0.140. The van der Waals surface area contributed by atoms with Crippen LogP contribution in [0.2, 0.25) is 0 Å². The molecule has 0 aliphatic heterocycles. The van der Waals surface area contributed by atoms with Gasteiger partial charge in [0.15, 0.2) is 0 Å². The molecular weight excluding hydrogens is 352 g/mol. The minimum atomic E-state index is -0.673. The molecule has 1 N–H and O–H groups in total. The molecule has 0 aliphatic carbocycles. The van der Waals surface area contributed by atoms with Crippen molar-refractivity contribution in [3.63, 3.8) is 0 Å². The molecule has 0 unspecified atom stereocenters. The summed E-state index contributed by atoms with van der Waals surface area (Å²) >= 11 is 0. The largest absolute Gasteiger partial charge is 0.497 e. The Bertz CT molecular complexity index is 757. The van der Waals surface area contributed by atoms with E-state index in [2.05, 4.69) is 19.2 Å². The Kier molecular flexibility index (Phi) is 8.05. The topological polar surface area (TPSA) is 58.6 Å². The van der Waals surface area contributed by atoms with Crippen LogP contribution in [-0.2, 0) is 16.1 Å². The minimum Gasteiger partial charge on any atom is -0.497 e. The summed E-state index contributed by atoms with van der Waals surface area (Å²) in [6.07, 6.45) is 0.895. The van der Waals surface area contributed by atoms with Crippen LogP contribution in [0.15, 0.2) is 54.6 Å². The van der Waals surface area contributed by atoms with Gasteiger partial charge in [-0.05, 0) is 35.6 Å². The zero-order valence-corrected chi connectivity index (χ0v) is 17.1. The van der Waals surface area contributed by atoms with Crippen molar-refractivity contribution in [1.29, 1.82) is 0 Å². The van der Waals surface area contributed by atoms with E-state index < -0.39 is 6.04 Å². The van der Waals surface area contributed by atoms with Crippen LogP contribution in [0.3, 0.4) is 0 Å². The number of benzene rings is 2. The summed E-state index contributed by atoms with van der Waals surface area (Å²) in [5.41, 5.74) is 1.74. The molecular formula is C23H30N2O3. The third-order valence-corrected chi connectivity index (χ3v) is 4.61. The van der Waals surface area contributed by atoms with E-state index in [1.165, 1.54) is 6.92 Å². The molecule has 0 radical (unpaired) electrons. The molecule has 28 heavy (non-hydrogen) atoms. The number of ether oxygens (including phenoxy) is 1. The lowest BCUT2D eigenvalue weighted by Gasteiger charge is -2.30. The van der Waals surface area contributed by atoms with Crippen molar-refractivity contribution < 1.29 is 14.3 Å². The summed E-state index contributed by atoms with van der Waals surface area (Å²) < 4.78 is 5.20. The molecule has 2 rings (SSSR count). The smallest absolute Gasteiger partial charge is 0.247 e. The van der Waals surface area contributed by atoms with Gasteiger partial charge in [0.2, 0.25) is 11.8 Å². The van der Waals surface area contributed by atoms with Crippen molar-refractivity contribution in [2.24, 2.45) is 5.92 Å². The van der Waals surface area contributed by atoms with E-state index in [0.717, 1.165) is 23.3 Å². The minimum absolute atomic E-state index is 0.149. The van der Waals surface area contributed by atoms with E-state index in [-0.39, 0.29) is 11.8 Å². The number of hydrogen-bond donors (Lipinski definition) is 1. The van der Waals surface area contributed by atoms with Gasteiger partial charge in [0.05, 0.1) is 7.11 Å². The van der Waals surface area contributed by atoms with E-state index in [1.807, 2.05) is 54.6 Å². The zero-order chi connectivity index (χ0) is 20.5. The first-order valence-electron chi connectivity index (χ1n) is 9.65. The monoisotopic (exact) mass is 382 g/mol. The second kappa shape index (κ2) is 10.5. The van der Waals surface area contributed by atoms with Crippen LogP contribution in [0.5, 0.6) is 5.75 Å². The Labute approximate surface area is 167 Å². The van der Waals surface area contributed by atoms with Gasteiger partial charge in [0.1, 0.15) is 11.8 Å². The van der Waals surface area contributed by atoms with Gasteiger partial charge in [0.25, 0.3) is 0 Å². The molecule has 5 heteroatoms. The van der Waals surface area contributed by atoms with Crippen molar-refractivity contribution in [3.05, 3.63) is 65.7 Å². The van der Waals surface area contributed by atoms with Crippen LogP contribution < -0.4 is 10.1 Å².